The van der Waals surface area contributed by atoms with Crippen molar-refractivity contribution in [2.45, 2.75) is 31.5 Å². The van der Waals surface area contributed by atoms with Crippen LogP contribution in [0.2, 0.25) is 0 Å². The molecule has 1 aromatic carbocycles. The molecule has 6 rings (SSSR count). The maximum absolute atomic E-state index is 6.11. The fourth-order valence-electron chi connectivity index (χ4n) is 4.44. The van der Waals surface area contributed by atoms with Gasteiger partial charge < -0.3 is 15.2 Å². The molecular formula is C23H22N6O2. The van der Waals surface area contributed by atoms with E-state index in [1.165, 1.54) is 0 Å². The number of hydrogen-bond acceptors (Lipinski definition) is 7. The summed E-state index contributed by atoms with van der Waals surface area (Å²) in [6, 6.07) is 12.0. The Kier molecular flexibility index (Phi) is 3.75. The van der Waals surface area contributed by atoms with E-state index in [0.29, 0.717) is 25.6 Å². The van der Waals surface area contributed by atoms with Crippen molar-refractivity contribution in [1.29, 1.82) is 0 Å². The van der Waals surface area contributed by atoms with E-state index in [1.807, 2.05) is 44.2 Å². The lowest BCUT2D eigenvalue weighted by atomic mass is 9.91. The highest BCUT2D eigenvalue weighted by Gasteiger charge is 2.47. The Bertz CT molecular complexity index is 1310. The third-order valence-corrected chi connectivity index (χ3v) is 5.95. The summed E-state index contributed by atoms with van der Waals surface area (Å²) in [5, 5.41) is 0. The molecule has 0 fully saturated rings. The maximum Gasteiger partial charge on any atom is 0.161 e. The average molecular weight is 414 g/mol. The van der Waals surface area contributed by atoms with Crippen LogP contribution in [0.5, 0.6) is 5.75 Å². The summed E-state index contributed by atoms with van der Waals surface area (Å²) in [4.78, 5) is 18.7. The number of aromatic nitrogens is 5. The van der Waals surface area contributed by atoms with Crippen LogP contribution in [0.3, 0.4) is 0 Å². The van der Waals surface area contributed by atoms with Crippen LogP contribution in [0.15, 0.2) is 48.8 Å². The number of ether oxygens (including phenoxy) is 2. The number of imidazole rings is 1. The Hall–Kier alpha value is -3.36. The normalized spacial score (nSPS) is 20.0. The van der Waals surface area contributed by atoms with Gasteiger partial charge in [-0.25, -0.2) is 19.9 Å². The van der Waals surface area contributed by atoms with E-state index in [0.717, 1.165) is 39.6 Å². The first kappa shape index (κ1) is 18.4. The first-order valence-corrected chi connectivity index (χ1v) is 10.3. The molecule has 3 aromatic heterocycles. The SMILES string of the molecule is CC(C)(N)c1ncc(-c2ccc3nc4n(c3n2)[C@@]2(COC4)COc3ccccc32)cn1. The Morgan fingerprint density at radius 1 is 1.03 bits per heavy atom. The second-order valence-corrected chi connectivity index (χ2v) is 8.73. The highest BCUT2D eigenvalue weighted by Crippen LogP contribution is 2.44. The fourth-order valence-corrected chi connectivity index (χ4v) is 4.44. The van der Waals surface area contributed by atoms with Gasteiger partial charge in [-0.05, 0) is 32.0 Å². The van der Waals surface area contributed by atoms with Gasteiger partial charge in [0.15, 0.2) is 5.65 Å². The van der Waals surface area contributed by atoms with Gasteiger partial charge in [0, 0.05) is 23.5 Å². The number of nitrogens with two attached hydrogens (primary N) is 1. The van der Waals surface area contributed by atoms with Gasteiger partial charge in [-0.3, -0.25) is 4.57 Å². The molecule has 31 heavy (non-hydrogen) atoms. The minimum absolute atomic E-state index is 0.443. The van der Waals surface area contributed by atoms with Crippen molar-refractivity contribution in [3.8, 4) is 17.0 Å². The third-order valence-electron chi connectivity index (χ3n) is 5.95. The monoisotopic (exact) mass is 414 g/mol. The standard InChI is InChI=1S/C23H22N6O2/c1-22(2,24)21-25-9-14(10-26-21)16-7-8-17-20(28-16)29-19(27-17)11-30-12-23(29)13-31-18-6-4-3-5-15(18)23/h3-10H,11-13,24H2,1-2H3/t23-/m0/s1. The van der Waals surface area contributed by atoms with Gasteiger partial charge >= 0.3 is 0 Å². The van der Waals surface area contributed by atoms with Crippen LogP contribution < -0.4 is 10.5 Å². The molecule has 1 atom stereocenters. The largest absolute Gasteiger partial charge is 0.490 e. The minimum Gasteiger partial charge on any atom is -0.490 e. The molecule has 0 aliphatic carbocycles. The van der Waals surface area contributed by atoms with E-state index in [9.17, 15) is 0 Å². The highest BCUT2D eigenvalue weighted by molar-refractivity contribution is 5.77. The minimum atomic E-state index is -0.595. The van der Waals surface area contributed by atoms with E-state index in [4.69, 9.17) is 25.2 Å². The van der Waals surface area contributed by atoms with E-state index < -0.39 is 11.1 Å². The van der Waals surface area contributed by atoms with Crippen molar-refractivity contribution in [2.24, 2.45) is 5.73 Å². The third kappa shape index (κ3) is 2.68. The zero-order chi connectivity index (χ0) is 21.2. The predicted molar refractivity (Wildman–Crippen MR) is 114 cm³/mol. The fraction of sp³-hybridized carbons (Fsp3) is 0.304. The first-order chi connectivity index (χ1) is 15.0. The number of para-hydroxylation sites is 1. The van der Waals surface area contributed by atoms with E-state index in [2.05, 4.69) is 20.6 Å². The lowest BCUT2D eigenvalue weighted by Gasteiger charge is -2.34. The summed E-state index contributed by atoms with van der Waals surface area (Å²) in [5.74, 6) is 2.32. The van der Waals surface area contributed by atoms with Crippen LogP contribution >= 0.6 is 0 Å². The van der Waals surface area contributed by atoms with Gasteiger partial charge in [-0.2, -0.15) is 0 Å². The van der Waals surface area contributed by atoms with Gasteiger partial charge in [0.2, 0.25) is 0 Å². The molecule has 0 radical (unpaired) electrons. The molecule has 2 N–H and O–H groups in total. The number of nitrogens with zero attached hydrogens (tertiary/aromatic N) is 5. The number of rotatable bonds is 2. The highest BCUT2D eigenvalue weighted by atomic mass is 16.5. The van der Waals surface area contributed by atoms with E-state index >= 15 is 0 Å². The smallest absolute Gasteiger partial charge is 0.161 e. The molecule has 0 amide bonds. The first-order valence-electron chi connectivity index (χ1n) is 10.3. The lowest BCUT2D eigenvalue weighted by molar-refractivity contribution is 0.0134. The summed E-state index contributed by atoms with van der Waals surface area (Å²) >= 11 is 0. The molecule has 0 bridgehead atoms. The molecule has 0 saturated heterocycles. The number of fused-ring (bicyclic) bond motifs is 6. The average Bonchev–Trinajstić information content (AvgIpc) is 3.33. The van der Waals surface area contributed by atoms with Crippen molar-refractivity contribution >= 4 is 11.2 Å². The van der Waals surface area contributed by atoms with Gasteiger partial charge in [-0.1, -0.05) is 18.2 Å². The van der Waals surface area contributed by atoms with Crippen molar-refractivity contribution in [3.05, 3.63) is 66.0 Å². The molecule has 4 aromatic rings. The summed E-state index contributed by atoms with van der Waals surface area (Å²) < 4.78 is 14.2. The van der Waals surface area contributed by atoms with Crippen LogP contribution in [0, 0.1) is 0 Å². The molecule has 0 unspecified atom stereocenters. The van der Waals surface area contributed by atoms with Crippen molar-refractivity contribution in [2.75, 3.05) is 13.2 Å². The summed E-state index contributed by atoms with van der Waals surface area (Å²) in [7, 11) is 0. The second kappa shape index (κ2) is 6.32. The van der Waals surface area contributed by atoms with E-state index in [-0.39, 0.29) is 0 Å². The Morgan fingerprint density at radius 3 is 2.65 bits per heavy atom. The van der Waals surface area contributed by atoms with Gasteiger partial charge in [0.05, 0.1) is 17.8 Å². The Labute approximate surface area is 179 Å². The topological polar surface area (TPSA) is 101 Å². The van der Waals surface area contributed by atoms with Crippen LogP contribution in [0.25, 0.3) is 22.4 Å². The number of hydrogen-bond donors (Lipinski definition) is 1. The van der Waals surface area contributed by atoms with Gasteiger partial charge in [0.1, 0.15) is 41.7 Å². The quantitative estimate of drug-likeness (QED) is 0.538. The van der Waals surface area contributed by atoms with Gasteiger partial charge in [0.25, 0.3) is 0 Å². The molecule has 1 spiro atoms. The zero-order valence-corrected chi connectivity index (χ0v) is 17.4. The van der Waals surface area contributed by atoms with Gasteiger partial charge in [-0.15, -0.1) is 0 Å². The van der Waals surface area contributed by atoms with Crippen LogP contribution in [-0.4, -0.2) is 37.7 Å². The Morgan fingerprint density at radius 2 is 1.84 bits per heavy atom. The zero-order valence-electron chi connectivity index (χ0n) is 17.4. The molecule has 156 valence electrons. The predicted octanol–water partition coefficient (Wildman–Crippen LogP) is 2.75. The molecule has 8 heteroatoms. The maximum atomic E-state index is 6.11. The second-order valence-electron chi connectivity index (χ2n) is 8.73. The molecule has 8 nitrogen and oxygen atoms in total. The van der Waals surface area contributed by atoms with Crippen LogP contribution in [0.4, 0.5) is 0 Å². The molecule has 2 aliphatic heterocycles. The Balaban J connectivity index is 1.52. The summed E-state index contributed by atoms with van der Waals surface area (Å²) in [6.45, 7) is 5.21. The number of benzene rings is 1. The van der Waals surface area contributed by atoms with Crippen molar-refractivity contribution in [3.63, 3.8) is 0 Å². The molecule has 2 aliphatic rings. The van der Waals surface area contributed by atoms with Crippen molar-refractivity contribution in [1.82, 2.24) is 24.5 Å². The molecule has 5 heterocycles. The molecular weight excluding hydrogens is 392 g/mol. The van der Waals surface area contributed by atoms with Crippen LogP contribution in [0.1, 0.15) is 31.1 Å². The summed E-state index contributed by atoms with van der Waals surface area (Å²) in [5.41, 5.74) is 9.38. The molecule has 0 saturated carbocycles. The number of pyridine rings is 1. The van der Waals surface area contributed by atoms with Crippen molar-refractivity contribution < 1.29 is 9.47 Å². The van der Waals surface area contributed by atoms with Crippen LogP contribution in [-0.2, 0) is 22.4 Å². The summed E-state index contributed by atoms with van der Waals surface area (Å²) in [6.07, 6.45) is 3.54. The van der Waals surface area contributed by atoms with E-state index in [1.54, 1.807) is 12.4 Å². The lowest BCUT2D eigenvalue weighted by Crippen LogP contribution is -2.45.